The zero-order valence-corrected chi connectivity index (χ0v) is 17.2. The molecule has 1 N–H and O–H groups in total. The van der Waals surface area contributed by atoms with Gasteiger partial charge >= 0.3 is 0 Å². The van der Waals surface area contributed by atoms with Crippen molar-refractivity contribution in [3.05, 3.63) is 36.0 Å². The van der Waals surface area contributed by atoms with Gasteiger partial charge in [0.05, 0.1) is 12.8 Å². The number of hydrogen-bond acceptors (Lipinski definition) is 5. The number of benzene rings is 1. The van der Waals surface area contributed by atoms with Crippen LogP contribution in [0.3, 0.4) is 0 Å². The fourth-order valence-corrected chi connectivity index (χ4v) is 4.55. The number of likely N-dealkylation sites (tertiary alicyclic amines) is 1. The summed E-state index contributed by atoms with van der Waals surface area (Å²) in [6.45, 7) is 3.79. The number of carbonyl (C=O) groups excluding carboxylic acids is 1. The molecule has 2 fully saturated rings. The number of carbonyl (C=O) groups is 1. The second kappa shape index (κ2) is 9.44. The maximum absolute atomic E-state index is 12.8. The Morgan fingerprint density at radius 1 is 1.21 bits per heavy atom. The number of hydrogen-bond donors (Lipinski definition) is 1. The normalized spacial score (nSPS) is 22.4. The van der Waals surface area contributed by atoms with Gasteiger partial charge < -0.3 is 19.5 Å². The molecule has 6 heteroatoms. The molecule has 2 aromatic rings. The van der Waals surface area contributed by atoms with Crippen LogP contribution in [0.2, 0.25) is 0 Å². The van der Waals surface area contributed by atoms with Crippen molar-refractivity contribution in [1.82, 2.24) is 15.4 Å². The minimum Gasteiger partial charge on any atom is -0.497 e. The minimum absolute atomic E-state index is 0.334. The number of piperidine rings is 2. The summed E-state index contributed by atoms with van der Waals surface area (Å²) in [6.07, 6.45) is 6.10. The maximum Gasteiger partial charge on any atom is 0.222 e. The number of methoxy groups -OCH3 is 1. The SMILES string of the molecule is COc1ccc(-c2cc(C[C@@H]3CNCC[C@H]3CC(=O)N3CCCCC3)no2)cc1. The molecule has 3 heterocycles. The quantitative estimate of drug-likeness (QED) is 0.808. The molecule has 0 radical (unpaired) electrons. The first-order valence-corrected chi connectivity index (χ1v) is 10.8. The number of amides is 1. The molecule has 0 spiro atoms. The van der Waals surface area contributed by atoms with E-state index < -0.39 is 0 Å². The highest BCUT2D eigenvalue weighted by Crippen LogP contribution is 2.29. The molecule has 1 amide bonds. The van der Waals surface area contributed by atoms with Crippen LogP contribution in [0.15, 0.2) is 34.9 Å². The van der Waals surface area contributed by atoms with Crippen molar-refractivity contribution in [3.63, 3.8) is 0 Å². The molecule has 2 aliphatic rings. The molecule has 4 rings (SSSR count). The largest absolute Gasteiger partial charge is 0.497 e. The summed E-state index contributed by atoms with van der Waals surface area (Å²) >= 11 is 0. The van der Waals surface area contributed by atoms with E-state index in [1.165, 1.54) is 6.42 Å². The van der Waals surface area contributed by atoms with E-state index in [1.807, 2.05) is 30.3 Å². The third-order valence-corrected chi connectivity index (χ3v) is 6.32. The number of aromatic nitrogens is 1. The van der Waals surface area contributed by atoms with Gasteiger partial charge in [-0.25, -0.2) is 0 Å². The van der Waals surface area contributed by atoms with Crippen LogP contribution in [0.4, 0.5) is 0 Å². The summed E-state index contributed by atoms with van der Waals surface area (Å²) in [5.74, 6) is 2.74. The highest BCUT2D eigenvalue weighted by Gasteiger charge is 2.30. The molecular formula is C23H31N3O3. The molecule has 2 atom stereocenters. The molecule has 0 saturated carbocycles. The van der Waals surface area contributed by atoms with Crippen molar-refractivity contribution in [2.75, 3.05) is 33.3 Å². The Morgan fingerprint density at radius 2 is 2.00 bits per heavy atom. The Bertz CT molecular complexity index is 796. The molecule has 156 valence electrons. The molecule has 29 heavy (non-hydrogen) atoms. The van der Waals surface area contributed by atoms with E-state index in [-0.39, 0.29) is 0 Å². The van der Waals surface area contributed by atoms with Gasteiger partial charge in [0.2, 0.25) is 5.91 Å². The van der Waals surface area contributed by atoms with Crippen molar-refractivity contribution >= 4 is 5.91 Å². The summed E-state index contributed by atoms with van der Waals surface area (Å²) in [5.41, 5.74) is 1.95. The van der Waals surface area contributed by atoms with E-state index in [0.717, 1.165) is 74.6 Å². The third-order valence-electron chi connectivity index (χ3n) is 6.32. The summed E-state index contributed by atoms with van der Waals surface area (Å²) in [4.78, 5) is 14.8. The molecule has 2 saturated heterocycles. The Hall–Kier alpha value is -2.34. The first kappa shape index (κ1) is 20.0. The van der Waals surface area contributed by atoms with Crippen molar-refractivity contribution in [2.24, 2.45) is 11.8 Å². The number of nitrogens with zero attached hydrogens (tertiary/aromatic N) is 2. The lowest BCUT2D eigenvalue weighted by atomic mass is 9.81. The topological polar surface area (TPSA) is 67.6 Å². The van der Waals surface area contributed by atoms with E-state index in [1.54, 1.807) is 7.11 Å². The Morgan fingerprint density at radius 3 is 2.76 bits per heavy atom. The summed E-state index contributed by atoms with van der Waals surface area (Å²) in [5, 5.41) is 7.80. The average molecular weight is 398 g/mol. The van der Waals surface area contributed by atoms with E-state index in [0.29, 0.717) is 24.2 Å². The van der Waals surface area contributed by atoms with Crippen LogP contribution in [0.1, 0.15) is 37.8 Å². The van der Waals surface area contributed by atoms with E-state index in [4.69, 9.17) is 9.26 Å². The van der Waals surface area contributed by atoms with Gasteiger partial charge in [0.15, 0.2) is 5.76 Å². The molecule has 0 bridgehead atoms. The molecule has 0 aliphatic carbocycles. The van der Waals surface area contributed by atoms with Crippen LogP contribution >= 0.6 is 0 Å². The number of ether oxygens (including phenoxy) is 1. The minimum atomic E-state index is 0.334. The molecule has 6 nitrogen and oxygen atoms in total. The van der Waals surface area contributed by atoms with Crippen LogP contribution in [-0.2, 0) is 11.2 Å². The lowest BCUT2D eigenvalue weighted by Gasteiger charge is -2.34. The van der Waals surface area contributed by atoms with Gasteiger partial charge in [-0.3, -0.25) is 4.79 Å². The van der Waals surface area contributed by atoms with Gasteiger partial charge in [-0.15, -0.1) is 0 Å². The monoisotopic (exact) mass is 397 g/mol. The zero-order chi connectivity index (χ0) is 20.1. The lowest BCUT2D eigenvalue weighted by Crippen LogP contribution is -2.42. The lowest BCUT2D eigenvalue weighted by molar-refractivity contribution is -0.133. The zero-order valence-electron chi connectivity index (χ0n) is 17.2. The van der Waals surface area contributed by atoms with Crippen LogP contribution in [-0.4, -0.2) is 49.3 Å². The van der Waals surface area contributed by atoms with Gasteiger partial charge in [0, 0.05) is 31.1 Å². The molecule has 1 aromatic carbocycles. The molecule has 1 aromatic heterocycles. The Labute approximate surface area is 172 Å². The van der Waals surface area contributed by atoms with E-state index >= 15 is 0 Å². The summed E-state index contributed by atoms with van der Waals surface area (Å²) in [6, 6.07) is 9.83. The predicted molar refractivity (Wildman–Crippen MR) is 112 cm³/mol. The van der Waals surface area contributed by atoms with Gasteiger partial charge in [0.25, 0.3) is 0 Å². The smallest absolute Gasteiger partial charge is 0.222 e. The van der Waals surface area contributed by atoms with Gasteiger partial charge in [0.1, 0.15) is 5.75 Å². The predicted octanol–water partition coefficient (Wildman–Crippen LogP) is 3.52. The van der Waals surface area contributed by atoms with Crippen molar-refractivity contribution < 1.29 is 14.1 Å². The number of rotatable bonds is 6. The standard InChI is InChI=1S/C23H31N3O3/c1-28-21-7-5-17(6-8-21)22-15-20(25-29-22)13-19-16-24-10-9-18(19)14-23(27)26-11-3-2-4-12-26/h5-8,15,18-19,24H,2-4,9-14,16H2,1H3/t18-,19+/m0/s1. The van der Waals surface area contributed by atoms with Crippen LogP contribution < -0.4 is 10.1 Å². The molecule has 0 unspecified atom stereocenters. The molecule has 2 aliphatic heterocycles. The molecular weight excluding hydrogens is 366 g/mol. The third kappa shape index (κ3) is 4.99. The summed E-state index contributed by atoms with van der Waals surface area (Å²) in [7, 11) is 1.66. The van der Waals surface area contributed by atoms with Crippen molar-refractivity contribution in [1.29, 1.82) is 0 Å². The van der Waals surface area contributed by atoms with Gasteiger partial charge in [-0.2, -0.15) is 0 Å². The summed E-state index contributed by atoms with van der Waals surface area (Å²) < 4.78 is 10.8. The Balaban J connectivity index is 1.39. The highest BCUT2D eigenvalue weighted by molar-refractivity contribution is 5.76. The highest BCUT2D eigenvalue weighted by atomic mass is 16.5. The Kier molecular flexibility index (Phi) is 6.49. The fourth-order valence-electron chi connectivity index (χ4n) is 4.55. The van der Waals surface area contributed by atoms with E-state index in [9.17, 15) is 4.79 Å². The van der Waals surface area contributed by atoms with Crippen molar-refractivity contribution in [2.45, 2.75) is 38.5 Å². The van der Waals surface area contributed by atoms with Gasteiger partial charge in [-0.1, -0.05) is 5.16 Å². The van der Waals surface area contributed by atoms with Crippen LogP contribution in [0, 0.1) is 11.8 Å². The van der Waals surface area contributed by atoms with E-state index in [2.05, 4.69) is 15.4 Å². The number of nitrogens with one attached hydrogen (secondary N) is 1. The van der Waals surface area contributed by atoms with Gasteiger partial charge in [-0.05, 0) is 81.3 Å². The van der Waals surface area contributed by atoms with Crippen molar-refractivity contribution in [3.8, 4) is 17.1 Å². The average Bonchev–Trinajstić information content (AvgIpc) is 3.24. The first-order valence-electron chi connectivity index (χ1n) is 10.8. The second-order valence-corrected chi connectivity index (χ2v) is 8.27. The van der Waals surface area contributed by atoms with Crippen LogP contribution in [0.25, 0.3) is 11.3 Å². The second-order valence-electron chi connectivity index (χ2n) is 8.27. The fraction of sp³-hybridized carbons (Fsp3) is 0.565. The maximum atomic E-state index is 12.8. The first-order chi connectivity index (χ1) is 14.2. The van der Waals surface area contributed by atoms with Crippen LogP contribution in [0.5, 0.6) is 5.75 Å².